The molecular formula is C11H12N2S. The Bertz CT molecular complexity index is 440. The van der Waals surface area contributed by atoms with E-state index >= 15 is 0 Å². The normalized spacial score (nSPS) is 10.4. The summed E-state index contributed by atoms with van der Waals surface area (Å²) in [5.74, 6) is 0. The number of rotatable bonds is 1. The van der Waals surface area contributed by atoms with E-state index in [-0.39, 0.29) is 0 Å². The van der Waals surface area contributed by atoms with Gasteiger partial charge in [0.2, 0.25) is 0 Å². The van der Waals surface area contributed by atoms with E-state index in [1.807, 2.05) is 5.38 Å². The third-order valence-corrected chi connectivity index (χ3v) is 2.71. The molecule has 2 rings (SSSR count). The first-order valence-corrected chi connectivity index (χ1v) is 5.33. The van der Waals surface area contributed by atoms with E-state index in [9.17, 15) is 0 Å². The Morgan fingerprint density at radius 3 is 2.29 bits per heavy atom. The van der Waals surface area contributed by atoms with E-state index in [4.69, 9.17) is 5.73 Å². The molecule has 0 radical (unpaired) electrons. The van der Waals surface area contributed by atoms with Gasteiger partial charge in [-0.05, 0) is 26.0 Å². The fourth-order valence-corrected chi connectivity index (χ4v) is 2.11. The Morgan fingerprint density at radius 2 is 1.79 bits per heavy atom. The maximum Gasteiger partial charge on any atom is 0.180 e. The summed E-state index contributed by atoms with van der Waals surface area (Å²) in [7, 11) is 0. The minimum atomic E-state index is 0.624. The third kappa shape index (κ3) is 1.77. The second-order valence-electron chi connectivity index (χ2n) is 3.45. The van der Waals surface area contributed by atoms with E-state index < -0.39 is 0 Å². The first-order chi connectivity index (χ1) is 6.65. The fourth-order valence-electron chi connectivity index (χ4n) is 1.54. The van der Waals surface area contributed by atoms with Gasteiger partial charge >= 0.3 is 0 Å². The molecule has 1 heterocycles. The van der Waals surface area contributed by atoms with Crippen LogP contribution in [0.2, 0.25) is 0 Å². The van der Waals surface area contributed by atoms with Gasteiger partial charge in [0.25, 0.3) is 0 Å². The van der Waals surface area contributed by atoms with Crippen molar-refractivity contribution < 1.29 is 0 Å². The summed E-state index contributed by atoms with van der Waals surface area (Å²) < 4.78 is 0. The maximum absolute atomic E-state index is 5.60. The summed E-state index contributed by atoms with van der Waals surface area (Å²) in [5.41, 5.74) is 10.2. The van der Waals surface area contributed by atoms with Crippen LogP contribution < -0.4 is 5.73 Å². The van der Waals surface area contributed by atoms with Crippen molar-refractivity contribution in [3.05, 3.63) is 34.7 Å². The van der Waals surface area contributed by atoms with Crippen molar-refractivity contribution in [2.45, 2.75) is 13.8 Å². The first kappa shape index (κ1) is 9.21. The lowest BCUT2D eigenvalue weighted by Crippen LogP contribution is -1.85. The van der Waals surface area contributed by atoms with Crippen molar-refractivity contribution in [2.24, 2.45) is 0 Å². The zero-order valence-corrected chi connectivity index (χ0v) is 9.06. The van der Waals surface area contributed by atoms with Gasteiger partial charge in [0, 0.05) is 10.9 Å². The highest BCUT2D eigenvalue weighted by Crippen LogP contribution is 2.24. The maximum atomic E-state index is 5.60. The molecule has 0 amide bonds. The lowest BCUT2D eigenvalue weighted by Gasteiger charge is -2.01. The van der Waals surface area contributed by atoms with Gasteiger partial charge in [0.1, 0.15) is 0 Å². The molecule has 0 saturated heterocycles. The first-order valence-electron chi connectivity index (χ1n) is 4.45. The standard InChI is InChI=1S/C11H12N2S/c1-7-3-8(2)5-9(4-7)10-6-14-11(12)13-10/h3-6H,1-2H3,(H2,12,13). The predicted octanol–water partition coefficient (Wildman–Crippen LogP) is 3.01. The van der Waals surface area contributed by atoms with E-state index in [0.717, 1.165) is 11.3 Å². The van der Waals surface area contributed by atoms with Gasteiger partial charge in [-0.15, -0.1) is 11.3 Å². The molecule has 72 valence electrons. The van der Waals surface area contributed by atoms with Crippen LogP contribution in [0.3, 0.4) is 0 Å². The average molecular weight is 204 g/mol. The van der Waals surface area contributed by atoms with E-state index in [2.05, 4.69) is 37.0 Å². The lowest BCUT2D eigenvalue weighted by atomic mass is 10.1. The van der Waals surface area contributed by atoms with Crippen molar-refractivity contribution in [3.63, 3.8) is 0 Å². The summed E-state index contributed by atoms with van der Waals surface area (Å²) in [6.07, 6.45) is 0. The second-order valence-corrected chi connectivity index (χ2v) is 4.34. The highest BCUT2D eigenvalue weighted by molar-refractivity contribution is 7.13. The summed E-state index contributed by atoms with van der Waals surface area (Å²) >= 11 is 1.48. The number of thiazole rings is 1. The van der Waals surface area contributed by atoms with E-state index in [0.29, 0.717) is 5.13 Å². The molecule has 0 saturated carbocycles. The molecule has 0 atom stereocenters. The van der Waals surface area contributed by atoms with Gasteiger partial charge in [-0.1, -0.05) is 17.2 Å². The topological polar surface area (TPSA) is 38.9 Å². The molecule has 14 heavy (non-hydrogen) atoms. The number of hydrogen-bond acceptors (Lipinski definition) is 3. The molecular weight excluding hydrogens is 192 g/mol. The molecule has 0 aliphatic carbocycles. The molecule has 0 aliphatic heterocycles. The molecule has 2 aromatic rings. The van der Waals surface area contributed by atoms with Crippen LogP contribution in [0.1, 0.15) is 11.1 Å². The monoisotopic (exact) mass is 204 g/mol. The van der Waals surface area contributed by atoms with Crippen molar-refractivity contribution in [1.29, 1.82) is 0 Å². The van der Waals surface area contributed by atoms with Gasteiger partial charge in [-0.3, -0.25) is 0 Å². The van der Waals surface area contributed by atoms with Gasteiger partial charge in [-0.25, -0.2) is 4.98 Å². The molecule has 0 spiro atoms. The minimum Gasteiger partial charge on any atom is -0.375 e. The van der Waals surface area contributed by atoms with Crippen molar-refractivity contribution >= 4 is 16.5 Å². The van der Waals surface area contributed by atoms with Crippen molar-refractivity contribution in [1.82, 2.24) is 4.98 Å². The Morgan fingerprint density at radius 1 is 1.14 bits per heavy atom. The Balaban J connectivity index is 2.51. The summed E-state index contributed by atoms with van der Waals surface area (Å²) in [6, 6.07) is 6.40. The van der Waals surface area contributed by atoms with E-state index in [1.54, 1.807) is 0 Å². The third-order valence-electron chi connectivity index (χ3n) is 2.04. The largest absolute Gasteiger partial charge is 0.375 e. The molecule has 1 aromatic carbocycles. The van der Waals surface area contributed by atoms with Gasteiger partial charge in [-0.2, -0.15) is 0 Å². The number of aromatic nitrogens is 1. The Labute approximate surface area is 87.4 Å². The van der Waals surface area contributed by atoms with Crippen LogP contribution >= 0.6 is 11.3 Å². The fraction of sp³-hybridized carbons (Fsp3) is 0.182. The number of nitrogens with zero attached hydrogens (tertiary/aromatic N) is 1. The van der Waals surface area contributed by atoms with Crippen LogP contribution in [0.4, 0.5) is 5.13 Å². The number of aryl methyl sites for hydroxylation is 2. The molecule has 3 heteroatoms. The number of nitrogen functional groups attached to an aromatic ring is 1. The van der Waals surface area contributed by atoms with Crippen molar-refractivity contribution in [3.8, 4) is 11.3 Å². The number of benzene rings is 1. The number of nitrogens with two attached hydrogens (primary N) is 1. The van der Waals surface area contributed by atoms with Crippen LogP contribution in [-0.4, -0.2) is 4.98 Å². The molecule has 0 fully saturated rings. The smallest absolute Gasteiger partial charge is 0.180 e. The molecule has 2 N–H and O–H groups in total. The zero-order valence-electron chi connectivity index (χ0n) is 8.24. The summed E-state index contributed by atoms with van der Waals surface area (Å²) in [4.78, 5) is 4.26. The molecule has 0 unspecified atom stereocenters. The average Bonchev–Trinajstić information content (AvgIpc) is 2.50. The predicted molar refractivity (Wildman–Crippen MR) is 61.4 cm³/mol. The Hall–Kier alpha value is -1.35. The second kappa shape index (κ2) is 3.42. The van der Waals surface area contributed by atoms with Gasteiger partial charge < -0.3 is 5.73 Å². The molecule has 0 aliphatic rings. The van der Waals surface area contributed by atoms with Crippen LogP contribution in [0.15, 0.2) is 23.6 Å². The SMILES string of the molecule is Cc1cc(C)cc(-c2csc(N)n2)c1. The van der Waals surface area contributed by atoms with Crippen LogP contribution in [0.5, 0.6) is 0 Å². The highest BCUT2D eigenvalue weighted by Gasteiger charge is 2.03. The van der Waals surface area contributed by atoms with Crippen LogP contribution in [-0.2, 0) is 0 Å². The quantitative estimate of drug-likeness (QED) is 0.775. The molecule has 0 bridgehead atoms. The summed E-state index contributed by atoms with van der Waals surface area (Å²) in [6.45, 7) is 4.18. The Kier molecular flexibility index (Phi) is 2.25. The number of hydrogen-bond donors (Lipinski definition) is 1. The lowest BCUT2D eigenvalue weighted by molar-refractivity contribution is 1.35. The molecule has 2 nitrogen and oxygen atoms in total. The van der Waals surface area contributed by atoms with Crippen molar-refractivity contribution in [2.75, 3.05) is 5.73 Å². The summed E-state index contributed by atoms with van der Waals surface area (Å²) in [5, 5.41) is 2.61. The highest BCUT2D eigenvalue weighted by atomic mass is 32.1. The van der Waals surface area contributed by atoms with Gasteiger partial charge in [0.05, 0.1) is 5.69 Å². The van der Waals surface area contributed by atoms with Crippen LogP contribution in [0.25, 0.3) is 11.3 Å². The minimum absolute atomic E-state index is 0.624. The zero-order chi connectivity index (χ0) is 10.1. The van der Waals surface area contributed by atoms with E-state index in [1.165, 1.54) is 22.5 Å². The molecule has 1 aromatic heterocycles. The number of anilines is 1. The van der Waals surface area contributed by atoms with Gasteiger partial charge in [0.15, 0.2) is 5.13 Å². The van der Waals surface area contributed by atoms with Crippen LogP contribution in [0, 0.1) is 13.8 Å².